The third-order valence-corrected chi connectivity index (χ3v) is 8.89. The number of hydrogen-bond acceptors (Lipinski definition) is 24. The van der Waals surface area contributed by atoms with E-state index in [9.17, 15) is 69.3 Å². The van der Waals surface area contributed by atoms with Gasteiger partial charge in [-0.05, 0) is 55.4 Å². The number of aliphatic hydroxyl groups excluding tert-OH is 7. The summed E-state index contributed by atoms with van der Waals surface area (Å²) in [5, 5.41) is 69.7. The number of esters is 7. The summed E-state index contributed by atoms with van der Waals surface area (Å²) in [6.07, 6.45) is -28.1. The van der Waals surface area contributed by atoms with E-state index in [1.807, 2.05) is 0 Å². The smallest absolute Gasteiger partial charge is 0.311 e. The van der Waals surface area contributed by atoms with Crippen LogP contribution in [0.4, 0.5) is 0 Å². The Bertz CT molecular complexity index is 1540. The van der Waals surface area contributed by atoms with Gasteiger partial charge in [0.25, 0.3) is 5.79 Å². The first-order valence-corrected chi connectivity index (χ1v) is 20.8. The molecule has 0 bridgehead atoms. The Balaban J connectivity index is 2.94. The van der Waals surface area contributed by atoms with E-state index in [0.717, 1.165) is 0 Å². The van der Waals surface area contributed by atoms with E-state index in [2.05, 4.69) is 0 Å². The van der Waals surface area contributed by atoms with Gasteiger partial charge in [0.1, 0.15) is 18.8 Å². The predicted octanol–water partition coefficient (Wildman–Crippen LogP) is -2.12. The van der Waals surface area contributed by atoms with Crippen LogP contribution in [0.25, 0.3) is 0 Å². The molecule has 24 heteroatoms. The largest absolute Gasteiger partial charge is 0.463 e. The monoisotopic (exact) mass is 928 g/mol. The fourth-order valence-electron chi connectivity index (χ4n) is 6.35. The fraction of sp³-hybridized carbons (Fsp3) is 0.825. The maximum atomic E-state index is 13.4. The van der Waals surface area contributed by atoms with Crippen molar-refractivity contribution in [2.24, 2.45) is 0 Å². The van der Waals surface area contributed by atoms with E-state index in [-0.39, 0.29) is 0 Å². The van der Waals surface area contributed by atoms with Crippen LogP contribution < -0.4 is 0 Å². The van der Waals surface area contributed by atoms with E-state index in [1.165, 1.54) is 55.4 Å². The second kappa shape index (κ2) is 26.1. The summed E-state index contributed by atoms with van der Waals surface area (Å²) in [5.41, 5.74) is 0. The zero-order chi connectivity index (χ0) is 48.6. The second-order valence-corrected chi connectivity index (χ2v) is 16.2. The number of aliphatic hydroxyl groups is 7. The molecule has 2 rings (SSSR count). The molecule has 2 saturated heterocycles. The van der Waals surface area contributed by atoms with Crippen LogP contribution in [-0.4, -0.2) is 188 Å². The highest BCUT2D eigenvalue weighted by Crippen LogP contribution is 2.41. The Labute approximate surface area is 369 Å². The van der Waals surface area contributed by atoms with E-state index in [0.29, 0.717) is 0 Å². The summed E-state index contributed by atoms with van der Waals surface area (Å²) in [6, 6.07) is 0. The lowest BCUT2D eigenvalue weighted by Gasteiger charge is -2.45. The maximum Gasteiger partial charge on any atom is 0.311 e. The Morgan fingerprint density at radius 2 is 0.859 bits per heavy atom. The van der Waals surface area contributed by atoms with E-state index in [1.54, 1.807) is 0 Å². The zero-order valence-corrected chi connectivity index (χ0v) is 37.1. The zero-order valence-electron chi connectivity index (χ0n) is 37.1. The van der Waals surface area contributed by atoms with Crippen molar-refractivity contribution in [1.29, 1.82) is 0 Å². The van der Waals surface area contributed by atoms with Crippen LogP contribution in [-0.2, 0) is 80.9 Å². The van der Waals surface area contributed by atoms with Gasteiger partial charge in [-0.1, -0.05) is 0 Å². The highest BCUT2D eigenvalue weighted by molar-refractivity contribution is 5.74. The number of carbonyl (C=O) groups excluding carboxylic acids is 7. The van der Waals surface area contributed by atoms with Crippen LogP contribution >= 0.6 is 0 Å². The minimum absolute atomic E-state index is 0.546. The molecule has 0 aliphatic carbocycles. The molecule has 0 aromatic carbocycles. The lowest BCUT2D eigenvalue weighted by Crippen LogP contribution is -2.63. The minimum atomic E-state index is -2.78. The standard InChI is InChI=1S/C40H64O24/c1-18(41)9-27(48)55-16-26-35(38(61-32(53)14-23(6)46)40(63-26,64-33(54)15-24(7)47)17-56-28(49)10-19(2)42)62-39-37(60-31(52)13-22(5)45)36(59-30(51)12-21(4)44)34(25(8)57-39)58-29(50)11-20(3)43/h18-26,34-39,41-47H,9-17H2,1-8H3/t18?,19?,20?,21?,22?,23?,24?,25-,26-,34+,35-,36+,37-,38+,39+,40+/m1/s1. The summed E-state index contributed by atoms with van der Waals surface area (Å²) >= 11 is 0. The number of ether oxygens (including phenoxy) is 10. The molecule has 2 fully saturated rings. The molecule has 0 spiro atoms. The molecule has 0 aromatic heterocycles. The highest BCUT2D eigenvalue weighted by Gasteiger charge is 2.64. The quantitative estimate of drug-likeness (QED) is 0.0380. The average molecular weight is 929 g/mol. The predicted molar refractivity (Wildman–Crippen MR) is 208 cm³/mol. The van der Waals surface area contributed by atoms with Crippen molar-refractivity contribution in [3.8, 4) is 0 Å². The molecule has 0 aromatic rings. The molecule has 2 aliphatic heterocycles. The molecule has 0 radical (unpaired) electrons. The Kier molecular flexibility index (Phi) is 22.9. The molecule has 0 amide bonds. The topological polar surface area (TPSA) is 353 Å². The van der Waals surface area contributed by atoms with Gasteiger partial charge in [-0.25, -0.2) is 0 Å². The minimum Gasteiger partial charge on any atom is -0.463 e. The van der Waals surface area contributed by atoms with Gasteiger partial charge in [0.05, 0.1) is 93.8 Å². The Hall–Kier alpha value is -4.11. The first-order valence-electron chi connectivity index (χ1n) is 20.8. The van der Waals surface area contributed by atoms with Gasteiger partial charge in [-0.2, -0.15) is 0 Å². The molecule has 7 N–H and O–H groups in total. The molecule has 24 nitrogen and oxygen atoms in total. The number of hydrogen-bond donors (Lipinski definition) is 7. The molecule has 64 heavy (non-hydrogen) atoms. The lowest BCUT2D eigenvalue weighted by molar-refractivity contribution is -0.319. The Morgan fingerprint density at radius 3 is 1.31 bits per heavy atom. The van der Waals surface area contributed by atoms with Crippen molar-refractivity contribution >= 4 is 41.8 Å². The molecular weight excluding hydrogens is 864 g/mol. The first-order chi connectivity index (χ1) is 29.7. The third kappa shape index (κ3) is 19.2. The molecule has 0 saturated carbocycles. The van der Waals surface area contributed by atoms with Crippen molar-refractivity contribution in [2.75, 3.05) is 13.2 Å². The third-order valence-electron chi connectivity index (χ3n) is 8.89. The van der Waals surface area contributed by atoms with Gasteiger partial charge in [-0.3, -0.25) is 33.6 Å². The van der Waals surface area contributed by atoms with Gasteiger partial charge >= 0.3 is 41.8 Å². The molecule has 2 heterocycles. The van der Waals surface area contributed by atoms with Gasteiger partial charge < -0.3 is 83.1 Å². The van der Waals surface area contributed by atoms with E-state index < -0.39 is 197 Å². The van der Waals surface area contributed by atoms with Crippen molar-refractivity contribution in [3.05, 3.63) is 0 Å². The van der Waals surface area contributed by atoms with Gasteiger partial charge in [0, 0.05) is 0 Å². The summed E-state index contributed by atoms with van der Waals surface area (Å²) in [5.74, 6) is -10.6. The van der Waals surface area contributed by atoms with Crippen LogP contribution in [0.1, 0.15) is 100 Å². The van der Waals surface area contributed by atoms with Crippen LogP contribution in [0.5, 0.6) is 0 Å². The van der Waals surface area contributed by atoms with Crippen LogP contribution in [0, 0.1) is 0 Å². The van der Waals surface area contributed by atoms with E-state index in [4.69, 9.17) is 47.4 Å². The summed E-state index contributed by atoms with van der Waals surface area (Å²) in [7, 11) is 0. The second-order valence-electron chi connectivity index (χ2n) is 16.2. The van der Waals surface area contributed by atoms with Crippen molar-refractivity contribution in [3.63, 3.8) is 0 Å². The summed E-state index contributed by atoms with van der Waals surface area (Å²) in [6.45, 7) is 8.08. The van der Waals surface area contributed by atoms with Crippen molar-refractivity contribution < 1.29 is 117 Å². The van der Waals surface area contributed by atoms with Gasteiger partial charge in [0.15, 0.2) is 37.3 Å². The molecule has 16 atom stereocenters. The van der Waals surface area contributed by atoms with Crippen LogP contribution in [0.2, 0.25) is 0 Å². The van der Waals surface area contributed by atoms with Gasteiger partial charge in [0.2, 0.25) is 0 Å². The van der Waals surface area contributed by atoms with Crippen LogP contribution in [0.3, 0.4) is 0 Å². The lowest BCUT2D eigenvalue weighted by atomic mass is 9.97. The Morgan fingerprint density at radius 1 is 0.484 bits per heavy atom. The van der Waals surface area contributed by atoms with Crippen molar-refractivity contribution in [1.82, 2.24) is 0 Å². The molecule has 368 valence electrons. The number of rotatable bonds is 25. The van der Waals surface area contributed by atoms with Crippen molar-refractivity contribution in [2.45, 2.75) is 198 Å². The van der Waals surface area contributed by atoms with Gasteiger partial charge in [-0.15, -0.1) is 0 Å². The molecular formula is C40H64O24. The molecule has 2 aliphatic rings. The first kappa shape index (κ1) is 56.0. The summed E-state index contributed by atoms with van der Waals surface area (Å²) in [4.78, 5) is 91.8. The highest BCUT2D eigenvalue weighted by atomic mass is 16.8. The fourth-order valence-corrected chi connectivity index (χ4v) is 6.35. The maximum absolute atomic E-state index is 13.4. The SMILES string of the molecule is CC(O)CC(=O)OC[C@H]1O[C@@](COC(=O)CC(C)O)(OC(=O)CC(C)O)[C@@H](OC(=O)CC(C)O)[C@@H]1O[C@@H]1O[C@H](C)[C@H](OC(=O)CC(C)O)[C@H](OC(=O)CC(C)O)[C@H]1OC(=O)CC(C)O. The normalized spacial score (nSPS) is 28.8. The van der Waals surface area contributed by atoms with E-state index >= 15 is 0 Å². The summed E-state index contributed by atoms with van der Waals surface area (Å²) < 4.78 is 57.6. The number of carbonyl (C=O) groups is 7. The molecule has 7 unspecified atom stereocenters. The average Bonchev–Trinajstić information content (AvgIpc) is 3.37. The van der Waals surface area contributed by atoms with Crippen LogP contribution in [0.15, 0.2) is 0 Å².